The summed E-state index contributed by atoms with van der Waals surface area (Å²) in [5.74, 6) is 0.622. The Morgan fingerprint density at radius 1 is 1.41 bits per heavy atom. The highest BCUT2D eigenvalue weighted by Crippen LogP contribution is 2.72. The molecule has 1 aliphatic carbocycles. The van der Waals surface area contributed by atoms with Crippen molar-refractivity contribution in [3.8, 4) is 5.75 Å². The van der Waals surface area contributed by atoms with Crippen LogP contribution in [0.1, 0.15) is 25.3 Å². The number of esters is 1. The number of carbonyl (C=O) groups is 1. The van der Waals surface area contributed by atoms with Crippen LogP contribution in [0.15, 0.2) is 29.8 Å². The zero-order valence-corrected chi connectivity index (χ0v) is 15.8. The van der Waals surface area contributed by atoms with Crippen molar-refractivity contribution in [2.45, 2.75) is 43.2 Å². The summed E-state index contributed by atoms with van der Waals surface area (Å²) in [6.07, 6.45) is 3.95. The van der Waals surface area contributed by atoms with Crippen molar-refractivity contribution in [2.75, 3.05) is 26.1 Å². The summed E-state index contributed by atoms with van der Waals surface area (Å²) < 4.78 is 17.7. The number of benzene rings is 1. The Hall–Kier alpha value is -2.05. The second-order valence-corrected chi connectivity index (χ2v) is 8.39. The first-order valence-corrected chi connectivity index (χ1v) is 9.73. The molecular weight excluding hydrogens is 344 g/mol. The maximum atomic E-state index is 13.2. The lowest BCUT2D eigenvalue weighted by atomic mass is 9.49. The Labute approximate surface area is 158 Å². The third-order valence-electron chi connectivity index (χ3n) is 7.84. The van der Waals surface area contributed by atoms with Gasteiger partial charge in [0, 0.05) is 13.0 Å². The van der Waals surface area contributed by atoms with Gasteiger partial charge in [-0.2, -0.15) is 0 Å². The van der Waals surface area contributed by atoms with Crippen LogP contribution in [0.4, 0.5) is 5.69 Å². The molecule has 6 unspecified atom stereocenters. The Kier molecular flexibility index (Phi) is 2.87. The molecule has 6 atom stereocenters. The first kappa shape index (κ1) is 16.0. The van der Waals surface area contributed by atoms with Gasteiger partial charge in [-0.15, -0.1) is 0 Å². The van der Waals surface area contributed by atoms with Crippen LogP contribution in [0, 0.1) is 11.8 Å². The third-order valence-corrected chi connectivity index (χ3v) is 7.84. The average Bonchev–Trinajstić information content (AvgIpc) is 3.29. The van der Waals surface area contributed by atoms with Crippen molar-refractivity contribution in [1.29, 1.82) is 0 Å². The average molecular weight is 368 g/mol. The predicted molar refractivity (Wildman–Crippen MR) is 98.4 cm³/mol. The van der Waals surface area contributed by atoms with Crippen molar-refractivity contribution >= 4 is 11.7 Å². The molecule has 4 heterocycles. The van der Waals surface area contributed by atoms with E-state index in [-0.39, 0.29) is 30.1 Å². The van der Waals surface area contributed by atoms with E-state index in [9.17, 15) is 4.79 Å². The summed E-state index contributed by atoms with van der Waals surface area (Å²) >= 11 is 0. The van der Waals surface area contributed by atoms with E-state index < -0.39 is 11.1 Å². The topological polar surface area (TPSA) is 60.0 Å². The molecule has 0 radical (unpaired) electrons. The fourth-order valence-corrected chi connectivity index (χ4v) is 6.96. The number of nitrogens with zero attached hydrogens (tertiary/aromatic N) is 1. The molecule has 0 amide bonds. The van der Waals surface area contributed by atoms with Crippen LogP contribution in [0.25, 0.3) is 0 Å². The van der Waals surface area contributed by atoms with Gasteiger partial charge in [0.1, 0.15) is 12.0 Å². The number of piperidine rings is 2. The van der Waals surface area contributed by atoms with E-state index in [2.05, 4.69) is 29.3 Å². The van der Waals surface area contributed by atoms with Crippen molar-refractivity contribution in [3.63, 3.8) is 0 Å². The normalized spacial score (nSPS) is 44.2. The van der Waals surface area contributed by atoms with Gasteiger partial charge in [0.05, 0.1) is 37.3 Å². The second kappa shape index (κ2) is 4.86. The SMILES string of the molecule is CC=C1CN2C3CC45c6cccc(OC)c6NC4(O3)C2CC1C5C(=O)OC. The maximum Gasteiger partial charge on any atom is 0.310 e. The third kappa shape index (κ3) is 1.49. The number of hydrogen-bond acceptors (Lipinski definition) is 6. The lowest BCUT2D eigenvalue weighted by molar-refractivity contribution is -0.161. The fourth-order valence-electron chi connectivity index (χ4n) is 6.96. The highest BCUT2D eigenvalue weighted by molar-refractivity contribution is 5.83. The Balaban J connectivity index is 1.66. The molecule has 4 aliphatic heterocycles. The summed E-state index contributed by atoms with van der Waals surface area (Å²) in [6, 6.07) is 6.38. The van der Waals surface area contributed by atoms with Gasteiger partial charge in [-0.3, -0.25) is 9.69 Å². The number of anilines is 1. The van der Waals surface area contributed by atoms with Gasteiger partial charge in [0.25, 0.3) is 0 Å². The van der Waals surface area contributed by atoms with E-state index in [0.717, 1.165) is 36.4 Å². The van der Waals surface area contributed by atoms with Crippen LogP contribution in [-0.4, -0.2) is 49.6 Å². The van der Waals surface area contributed by atoms with Gasteiger partial charge in [0.2, 0.25) is 0 Å². The maximum absolute atomic E-state index is 13.2. The second-order valence-electron chi connectivity index (χ2n) is 8.39. The number of rotatable bonds is 2. The fraction of sp³-hybridized carbons (Fsp3) is 0.571. The molecule has 1 spiro atoms. The highest BCUT2D eigenvalue weighted by Gasteiger charge is 2.82. The van der Waals surface area contributed by atoms with E-state index in [1.165, 1.54) is 12.7 Å². The van der Waals surface area contributed by atoms with E-state index in [1.807, 2.05) is 12.1 Å². The molecule has 3 saturated heterocycles. The Morgan fingerprint density at radius 3 is 3.00 bits per heavy atom. The van der Waals surface area contributed by atoms with Gasteiger partial charge in [-0.25, -0.2) is 0 Å². The molecule has 1 saturated carbocycles. The van der Waals surface area contributed by atoms with Crippen LogP contribution < -0.4 is 10.1 Å². The predicted octanol–water partition coefficient (Wildman–Crippen LogP) is 2.25. The Morgan fingerprint density at radius 2 is 2.26 bits per heavy atom. The number of carbonyl (C=O) groups excluding carboxylic acids is 1. The van der Waals surface area contributed by atoms with Crippen molar-refractivity contribution in [3.05, 3.63) is 35.4 Å². The number of methoxy groups -OCH3 is 2. The van der Waals surface area contributed by atoms with Gasteiger partial charge in [-0.1, -0.05) is 23.8 Å². The molecular formula is C21H24N2O4. The zero-order chi connectivity index (χ0) is 18.6. The van der Waals surface area contributed by atoms with E-state index in [1.54, 1.807) is 7.11 Å². The number of fused-ring (bicyclic) bond motifs is 4. The summed E-state index contributed by atoms with van der Waals surface area (Å²) in [5, 5.41) is 3.72. The number of nitrogens with one attached hydrogen (secondary N) is 1. The quantitative estimate of drug-likeness (QED) is 0.638. The molecule has 4 fully saturated rings. The molecule has 1 aromatic carbocycles. The minimum atomic E-state index is -0.580. The molecule has 6 nitrogen and oxygen atoms in total. The van der Waals surface area contributed by atoms with Gasteiger partial charge >= 0.3 is 5.97 Å². The number of hydrogen-bond donors (Lipinski definition) is 1. The summed E-state index contributed by atoms with van der Waals surface area (Å²) in [5.41, 5.74) is 2.45. The van der Waals surface area contributed by atoms with Gasteiger partial charge in [-0.05, 0) is 30.9 Å². The molecule has 6 heteroatoms. The van der Waals surface area contributed by atoms with E-state index >= 15 is 0 Å². The number of para-hydroxylation sites is 1. The zero-order valence-electron chi connectivity index (χ0n) is 15.8. The minimum absolute atomic E-state index is 0.0326. The van der Waals surface area contributed by atoms with Crippen LogP contribution in [0.5, 0.6) is 5.75 Å². The first-order chi connectivity index (χ1) is 13.1. The smallest absolute Gasteiger partial charge is 0.310 e. The number of ether oxygens (including phenoxy) is 3. The molecule has 27 heavy (non-hydrogen) atoms. The summed E-state index contributed by atoms with van der Waals surface area (Å²) in [6.45, 7) is 2.95. The molecule has 1 N–H and O–H groups in total. The van der Waals surface area contributed by atoms with Crippen LogP contribution in [-0.2, 0) is 19.7 Å². The van der Waals surface area contributed by atoms with Crippen molar-refractivity contribution in [1.82, 2.24) is 4.90 Å². The van der Waals surface area contributed by atoms with Crippen LogP contribution in [0.2, 0.25) is 0 Å². The minimum Gasteiger partial charge on any atom is -0.495 e. The lowest BCUT2D eigenvalue weighted by Crippen LogP contribution is -2.73. The summed E-state index contributed by atoms with van der Waals surface area (Å²) in [7, 11) is 3.19. The molecule has 4 bridgehead atoms. The largest absolute Gasteiger partial charge is 0.495 e. The summed E-state index contributed by atoms with van der Waals surface area (Å²) in [4.78, 5) is 15.7. The van der Waals surface area contributed by atoms with Crippen molar-refractivity contribution in [2.24, 2.45) is 11.8 Å². The molecule has 1 aromatic rings. The Bertz CT molecular complexity index is 898. The molecule has 5 aliphatic rings. The number of allylic oxidation sites excluding steroid dienone is 1. The van der Waals surface area contributed by atoms with Gasteiger partial charge < -0.3 is 19.5 Å². The van der Waals surface area contributed by atoms with E-state index in [4.69, 9.17) is 14.2 Å². The van der Waals surface area contributed by atoms with E-state index in [0.29, 0.717) is 0 Å². The lowest BCUT2D eigenvalue weighted by Gasteiger charge is -2.60. The van der Waals surface area contributed by atoms with Crippen molar-refractivity contribution < 1.29 is 19.0 Å². The van der Waals surface area contributed by atoms with Crippen LogP contribution in [0.3, 0.4) is 0 Å². The monoisotopic (exact) mass is 368 g/mol. The molecule has 6 rings (SSSR count). The molecule has 0 aromatic heterocycles. The first-order valence-electron chi connectivity index (χ1n) is 9.73. The van der Waals surface area contributed by atoms with Crippen LogP contribution >= 0.6 is 0 Å². The molecule has 142 valence electrons. The standard InChI is InChI=1S/C21H24N2O4/c1-4-11-10-23-15-8-12(11)17(19(24)26-3)20-9-16(23)27-21(15,20)22-18-13(20)6-5-7-14(18)25-2/h4-7,12,15-17,22H,8-10H2,1-3H3. The highest BCUT2D eigenvalue weighted by atomic mass is 16.6. The van der Waals surface area contributed by atoms with Gasteiger partial charge in [0.15, 0.2) is 5.72 Å².